The SMILES string of the molecule is NC(=O)c1ncc(Cl)cc1SC1CCCCC1. The van der Waals surface area contributed by atoms with Crippen molar-refractivity contribution in [2.75, 3.05) is 0 Å². The Hall–Kier alpha value is -0.740. The molecule has 0 aliphatic heterocycles. The molecule has 17 heavy (non-hydrogen) atoms. The zero-order chi connectivity index (χ0) is 12.3. The quantitative estimate of drug-likeness (QED) is 0.917. The number of amides is 1. The van der Waals surface area contributed by atoms with E-state index in [1.165, 1.54) is 38.3 Å². The summed E-state index contributed by atoms with van der Waals surface area (Å²) in [6.07, 6.45) is 7.68. The first kappa shape index (κ1) is 12.7. The Morgan fingerprint density at radius 1 is 1.41 bits per heavy atom. The largest absolute Gasteiger partial charge is 0.364 e. The van der Waals surface area contributed by atoms with Gasteiger partial charge in [-0.05, 0) is 18.9 Å². The van der Waals surface area contributed by atoms with E-state index >= 15 is 0 Å². The van der Waals surface area contributed by atoms with Crippen molar-refractivity contribution in [3.63, 3.8) is 0 Å². The summed E-state index contributed by atoms with van der Waals surface area (Å²) < 4.78 is 0. The number of carbonyl (C=O) groups excluding carboxylic acids is 1. The van der Waals surface area contributed by atoms with Gasteiger partial charge in [0.25, 0.3) is 5.91 Å². The summed E-state index contributed by atoms with van der Waals surface area (Å²) in [6, 6.07) is 1.79. The number of nitrogens with two attached hydrogens (primary N) is 1. The van der Waals surface area contributed by atoms with Crippen LogP contribution in [-0.2, 0) is 0 Å². The number of carbonyl (C=O) groups is 1. The van der Waals surface area contributed by atoms with Crippen molar-refractivity contribution < 1.29 is 4.79 Å². The Morgan fingerprint density at radius 3 is 2.76 bits per heavy atom. The third kappa shape index (κ3) is 3.36. The fraction of sp³-hybridized carbons (Fsp3) is 0.500. The minimum atomic E-state index is -0.486. The van der Waals surface area contributed by atoms with Gasteiger partial charge in [0, 0.05) is 16.3 Å². The maximum Gasteiger partial charge on any atom is 0.268 e. The molecule has 1 saturated carbocycles. The van der Waals surface area contributed by atoms with Crippen LogP contribution in [0.2, 0.25) is 5.02 Å². The lowest BCUT2D eigenvalue weighted by Gasteiger charge is -2.21. The van der Waals surface area contributed by atoms with Crippen LogP contribution >= 0.6 is 23.4 Å². The highest BCUT2D eigenvalue weighted by molar-refractivity contribution is 8.00. The highest BCUT2D eigenvalue weighted by atomic mass is 35.5. The Morgan fingerprint density at radius 2 is 2.12 bits per heavy atom. The van der Waals surface area contributed by atoms with Gasteiger partial charge in [-0.2, -0.15) is 0 Å². The second kappa shape index (κ2) is 5.74. The van der Waals surface area contributed by atoms with E-state index in [0.29, 0.717) is 16.0 Å². The van der Waals surface area contributed by atoms with Crippen LogP contribution in [0.15, 0.2) is 17.2 Å². The molecule has 0 spiro atoms. The molecule has 5 heteroatoms. The maximum atomic E-state index is 11.3. The summed E-state index contributed by atoms with van der Waals surface area (Å²) in [7, 11) is 0. The molecule has 2 rings (SSSR count). The molecule has 1 aliphatic carbocycles. The summed E-state index contributed by atoms with van der Waals surface area (Å²) in [6.45, 7) is 0. The molecular formula is C12H15ClN2OS. The lowest BCUT2D eigenvalue weighted by atomic mass is 10.0. The van der Waals surface area contributed by atoms with E-state index in [2.05, 4.69) is 4.98 Å². The van der Waals surface area contributed by atoms with Crippen LogP contribution in [0.1, 0.15) is 42.6 Å². The van der Waals surface area contributed by atoms with E-state index < -0.39 is 5.91 Å². The number of thioether (sulfide) groups is 1. The summed E-state index contributed by atoms with van der Waals surface area (Å²) in [5, 5.41) is 1.11. The number of hydrogen-bond donors (Lipinski definition) is 1. The van der Waals surface area contributed by atoms with Crippen molar-refractivity contribution in [1.82, 2.24) is 4.98 Å². The number of pyridine rings is 1. The lowest BCUT2D eigenvalue weighted by Crippen LogP contribution is -2.16. The van der Waals surface area contributed by atoms with Crippen molar-refractivity contribution in [2.45, 2.75) is 42.2 Å². The van der Waals surface area contributed by atoms with Crippen molar-refractivity contribution in [1.29, 1.82) is 0 Å². The molecule has 0 radical (unpaired) electrons. The molecule has 1 heterocycles. The zero-order valence-electron chi connectivity index (χ0n) is 9.49. The van der Waals surface area contributed by atoms with Crippen molar-refractivity contribution in [3.05, 3.63) is 23.0 Å². The summed E-state index contributed by atoms with van der Waals surface area (Å²) in [5.41, 5.74) is 5.65. The Balaban J connectivity index is 2.17. The van der Waals surface area contributed by atoms with Gasteiger partial charge >= 0.3 is 0 Å². The number of nitrogens with zero attached hydrogens (tertiary/aromatic N) is 1. The first-order chi connectivity index (χ1) is 8.16. The smallest absolute Gasteiger partial charge is 0.268 e. The summed E-state index contributed by atoms with van der Waals surface area (Å²) in [5.74, 6) is -0.486. The molecule has 92 valence electrons. The van der Waals surface area contributed by atoms with Crippen LogP contribution < -0.4 is 5.73 Å². The van der Waals surface area contributed by atoms with Gasteiger partial charge < -0.3 is 5.73 Å². The highest BCUT2D eigenvalue weighted by Gasteiger charge is 2.18. The predicted molar refractivity (Wildman–Crippen MR) is 70.5 cm³/mol. The minimum absolute atomic E-state index is 0.338. The molecule has 3 nitrogen and oxygen atoms in total. The molecule has 1 aliphatic rings. The van der Waals surface area contributed by atoms with Crippen LogP contribution in [0.25, 0.3) is 0 Å². The average molecular weight is 271 g/mol. The monoisotopic (exact) mass is 270 g/mol. The van der Waals surface area contributed by atoms with E-state index in [-0.39, 0.29) is 0 Å². The predicted octanol–water partition coefficient (Wildman–Crippen LogP) is 3.26. The Kier molecular flexibility index (Phi) is 4.29. The molecule has 1 amide bonds. The van der Waals surface area contributed by atoms with Crippen LogP contribution in [-0.4, -0.2) is 16.1 Å². The molecule has 0 saturated heterocycles. The fourth-order valence-electron chi connectivity index (χ4n) is 2.06. The van der Waals surface area contributed by atoms with E-state index in [4.69, 9.17) is 17.3 Å². The first-order valence-corrected chi connectivity index (χ1v) is 7.04. The normalized spacial score (nSPS) is 17.0. The van der Waals surface area contributed by atoms with E-state index in [1.807, 2.05) is 0 Å². The Bertz CT molecular complexity index is 419. The third-order valence-electron chi connectivity index (χ3n) is 2.90. The van der Waals surface area contributed by atoms with Crippen LogP contribution in [0.4, 0.5) is 0 Å². The topological polar surface area (TPSA) is 56.0 Å². The fourth-order valence-corrected chi connectivity index (χ4v) is 3.67. The van der Waals surface area contributed by atoms with E-state index in [1.54, 1.807) is 17.8 Å². The van der Waals surface area contributed by atoms with Gasteiger partial charge in [-0.3, -0.25) is 4.79 Å². The van der Waals surface area contributed by atoms with Gasteiger partial charge in [-0.1, -0.05) is 30.9 Å². The van der Waals surface area contributed by atoms with Gasteiger partial charge in [-0.15, -0.1) is 11.8 Å². The molecule has 0 unspecified atom stereocenters. The minimum Gasteiger partial charge on any atom is -0.364 e. The highest BCUT2D eigenvalue weighted by Crippen LogP contribution is 2.35. The number of aromatic nitrogens is 1. The van der Waals surface area contributed by atoms with E-state index in [9.17, 15) is 4.79 Å². The molecule has 0 atom stereocenters. The second-order valence-electron chi connectivity index (χ2n) is 4.24. The number of primary amides is 1. The lowest BCUT2D eigenvalue weighted by molar-refractivity contribution is 0.0992. The standard InChI is InChI=1S/C12H15ClN2OS/c13-8-6-10(11(12(14)16)15-7-8)17-9-4-2-1-3-5-9/h6-7,9H,1-5H2,(H2,14,16). The number of halogens is 1. The summed E-state index contributed by atoms with van der Waals surface area (Å²) >= 11 is 7.60. The van der Waals surface area contributed by atoms with Crippen LogP contribution in [0, 0.1) is 0 Å². The molecule has 1 fully saturated rings. The molecule has 1 aromatic rings. The van der Waals surface area contributed by atoms with Gasteiger partial charge in [0.1, 0.15) is 5.69 Å². The van der Waals surface area contributed by atoms with Gasteiger partial charge in [0.05, 0.1) is 5.02 Å². The molecular weight excluding hydrogens is 256 g/mol. The van der Waals surface area contributed by atoms with Gasteiger partial charge in [-0.25, -0.2) is 4.98 Å². The third-order valence-corrected chi connectivity index (χ3v) is 4.48. The van der Waals surface area contributed by atoms with Crippen LogP contribution in [0.5, 0.6) is 0 Å². The average Bonchev–Trinajstić information content (AvgIpc) is 2.30. The van der Waals surface area contributed by atoms with Crippen molar-refractivity contribution >= 4 is 29.3 Å². The van der Waals surface area contributed by atoms with Crippen molar-refractivity contribution in [3.8, 4) is 0 Å². The van der Waals surface area contributed by atoms with E-state index in [0.717, 1.165) is 4.90 Å². The molecule has 0 aromatic carbocycles. The number of hydrogen-bond acceptors (Lipinski definition) is 3. The Labute approximate surface area is 110 Å². The zero-order valence-corrected chi connectivity index (χ0v) is 11.1. The molecule has 1 aromatic heterocycles. The van der Waals surface area contributed by atoms with Crippen molar-refractivity contribution in [2.24, 2.45) is 5.73 Å². The molecule has 0 bridgehead atoms. The molecule has 2 N–H and O–H groups in total. The number of rotatable bonds is 3. The van der Waals surface area contributed by atoms with Crippen LogP contribution in [0.3, 0.4) is 0 Å². The van der Waals surface area contributed by atoms with Gasteiger partial charge in [0.2, 0.25) is 0 Å². The summed E-state index contributed by atoms with van der Waals surface area (Å²) in [4.78, 5) is 16.1. The first-order valence-electron chi connectivity index (χ1n) is 5.79. The van der Waals surface area contributed by atoms with Gasteiger partial charge in [0.15, 0.2) is 0 Å². The second-order valence-corrected chi connectivity index (χ2v) is 6.02. The maximum absolute atomic E-state index is 11.3.